The molecule has 3 N–H and O–H groups in total. The lowest BCUT2D eigenvalue weighted by Crippen LogP contribution is -2.76. The van der Waals surface area contributed by atoms with Crippen molar-refractivity contribution in [1.29, 1.82) is 0 Å². The van der Waals surface area contributed by atoms with E-state index in [9.17, 15) is 23.5 Å². The van der Waals surface area contributed by atoms with Crippen molar-refractivity contribution < 1.29 is 33.0 Å². The standard InChI is InChI=1S/C27H29Cl2F2N3O5/c28-19-3-1-17(9-21(19)30)38-14-24(36)32-26-5-7-27(8-6-26,23(11-26)34-12-16(35)13-34)33-25(37)15-39-18-2-4-20(29)22(31)10-18/h1-4,9-10,16,23,35H,5-8,11-15H2,(H,32,36)(H,33,37). The number of β-amino-alcohol motifs (C(OH)–C–C–N with tert-alkyl or cyclic N) is 1. The SMILES string of the molecule is O=C(COc1ccc(Cl)c(F)c1)NC12CCC(NC(=O)COc3ccc(Cl)c(F)c3)(CC1)C(N1CC(O)C1)C2. The Labute approximate surface area is 234 Å². The molecule has 2 bridgehead atoms. The summed E-state index contributed by atoms with van der Waals surface area (Å²) in [5.74, 6) is -1.52. The first-order valence-electron chi connectivity index (χ1n) is 12.8. The van der Waals surface area contributed by atoms with Gasteiger partial charge in [-0.3, -0.25) is 14.5 Å². The van der Waals surface area contributed by atoms with Gasteiger partial charge in [-0.2, -0.15) is 0 Å². The minimum atomic E-state index is -0.631. The summed E-state index contributed by atoms with van der Waals surface area (Å²) in [6, 6.07) is 7.87. The summed E-state index contributed by atoms with van der Waals surface area (Å²) < 4.78 is 38.3. The zero-order chi connectivity index (χ0) is 27.8. The molecule has 1 heterocycles. The van der Waals surface area contributed by atoms with Gasteiger partial charge in [0, 0.05) is 36.8 Å². The number of ether oxygens (including phenoxy) is 2. The largest absolute Gasteiger partial charge is 0.484 e. The molecule has 2 aromatic rings. The van der Waals surface area contributed by atoms with Gasteiger partial charge in [-0.25, -0.2) is 8.78 Å². The van der Waals surface area contributed by atoms with E-state index in [1.54, 1.807) is 0 Å². The molecular weight excluding hydrogens is 555 g/mol. The molecule has 2 amide bonds. The van der Waals surface area contributed by atoms with Crippen molar-refractivity contribution in [1.82, 2.24) is 15.5 Å². The van der Waals surface area contributed by atoms with Gasteiger partial charge in [0.2, 0.25) is 0 Å². The molecular formula is C27H29Cl2F2N3O5. The number of benzene rings is 2. The second kappa shape index (κ2) is 11.1. The smallest absolute Gasteiger partial charge is 0.258 e. The maximum Gasteiger partial charge on any atom is 0.258 e. The second-order valence-electron chi connectivity index (χ2n) is 10.6. The summed E-state index contributed by atoms with van der Waals surface area (Å²) >= 11 is 11.4. The van der Waals surface area contributed by atoms with E-state index in [1.165, 1.54) is 24.3 Å². The van der Waals surface area contributed by atoms with Crippen LogP contribution in [0.5, 0.6) is 11.5 Å². The van der Waals surface area contributed by atoms with Gasteiger partial charge < -0.3 is 25.2 Å². The molecule has 8 nitrogen and oxygen atoms in total. The van der Waals surface area contributed by atoms with Crippen LogP contribution in [-0.2, 0) is 9.59 Å². The molecule has 12 heteroatoms. The van der Waals surface area contributed by atoms with Crippen molar-refractivity contribution in [2.45, 2.75) is 55.3 Å². The molecule has 1 atom stereocenters. The average molecular weight is 584 g/mol. The summed E-state index contributed by atoms with van der Waals surface area (Å²) in [5.41, 5.74) is -1.03. The van der Waals surface area contributed by atoms with Gasteiger partial charge in [-0.1, -0.05) is 23.2 Å². The predicted molar refractivity (Wildman–Crippen MR) is 140 cm³/mol. The first-order valence-corrected chi connectivity index (χ1v) is 13.5. The Morgan fingerprint density at radius 3 is 1.90 bits per heavy atom. The molecule has 2 aromatic carbocycles. The molecule has 1 aliphatic heterocycles. The summed E-state index contributed by atoms with van der Waals surface area (Å²) in [5, 5.41) is 16.2. The number of aliphatic hydroxyl groups is 1. The van der Waals surface area contributed by atoms with Gasteiger partial charge in [0.15, 0.2) is 13.2 Å². The molecule has 3 aliphatic carbocycles. The van der Waals surface area contributed by atoms with Crippen LogP contribution in [-0.4, -0.2) is 71.3 Å². The van der Waals surface area contributed by atoms with Crippen LogP contribution in [0.2, 0.25) is 10.0 Å². The number of nitrogens with zero attached hydrogens (tertiary/aromatic N) is 1. The van der Waals surface area contributed by atoms with Crippen LogP contribution in [0.25, 0.3) is 0 Å². The fourth-order valence-electron chi connectivity index (χ4n) is 5.96. The third kappa shape index (κ3) is 6.09. The highest BCUT2D eigenvalue weighted by molar-refractivity contribution is 6.31. The van der Waals surface area contributed by atoms with Crippen LogP contribution in [0.15, 0.2) is 36.4 Å². The lowest BCUT2D eigenvalue weighted by Gasteiger charge is -2.62. The molecule has 4 fully saturated rings. The van der Waals surface area contributed by atoms with Gasteiger partial charge in [-0.05, 0) is 56.4 Å². The first-order chi connectivity index (χ1) is 18.6. The Morgan fingerprint density at radius 2 is 1.41 bits per heavy atom. The van der Waals surface area contributed by atoms with Crippen LogP contribution in [0.1, 0.15) is 32.1 Å². The van der Waals surface area contributed by atoms with Crippen molar-refractivity contribution in [2.24, 2.45) is 0 Å². The highest BCUT2D eigenvalue weighted by Crippen LogP contribution is 2.49. The van der Waals surface area contributed by atoms with Crippen LogP contribution < -0.4 is 20.1 Å². The maximum absolute atomic E-state index is 13.7. The van der Waals surface area contributed by atoms with E-state index in [1.807, 2.05) is 0 Å². The topological polar surface area (TPSA) is 100 Å². The summed E-state index contributed by atoms with van der Waals surface area (Å²) in [6.45, 7) is 0.402. The molecule has 210 valence electrons. The van der Waals surface area contributed by atoms with Crippen LogP contribution in [0.4, 0.5) is 8.78 Å². The lowest BCUT2D eigenvalue weighted by atomic mass is 9.58. The summed E-state index contributed by atoms with van der Waals surface area (Å²) in [4.78, 5) is 27.9. The third-order valence-corrected chi connectivity index (χ3v) is 8.58. The van der Waals surface area contributed by atoms with Gasteiger partial charge in [0.05, 0.1) is 21.7 Å². The lowest BCUT2D eigenvalue weighted by molar-refractivity contribution is -0.139. The number of carbonyl (C=O) groups excluding carboxylic acids is 2. The van der Waals surface area contributed by atoms with E-state index in [-0.39, 0.29) is 52.6 Å². The molecule has 3 saturated carbocycles. The van der Waals surface area contributed by atoms with Crippen molar-refractivity contribution in [3.05, 3.63) is 58.1 Å². The van der Waals surface area contributed by atoms with E-state index >= 15 is 0 Å². The number of likely N-dealkylation sites (tertiary alicyclic amines) is 1. The Bertz CT molecular complexity index is 1250. The number of rotatable bonds is 9. The fraction of sp³-hybridized carbons (Fsp3) is 0.481. The Morgan fingerprint density at radius 1 is 0.897 bits per heavy atom. The van der Waals surface area contributed by atoms with Crippen LogP contribution in [0.3, 0.4) is 0 Å². The summed E-state index contributed by atoms with van der Waals surface area (Å²) in [6.07, 6.45) is 2.68. The highest BCUT2D eigenvalue weighted by atomic mass is 35.5. The minimum absolute atomic E-state index is 0.0294. The van der Waals surface area contributed by atoms with E-state index in [2.05, 4.69) is 15.5 Å². The number of nitrogens with one attached hydrogen (secondary N) is 2. The van der Waals surface area contributed by atoms with E-state index in [0.29, 0.717) is 45.2 Å². The van der Waals surface area contributed by atoms with E-state index in [4.69, 9.17) is 32.7 Å². The average Bonchev–Trinajstić information content (AvgIpc) is 2.89. The molecule has 1 unspecified atom stereocenters. The van der Waals surface area contributed by atoms with E-state index < -0.39 is 28.8 Å². The van der Waals surface area contributed by atoms with Crippen LogP contribution in [0, 0.1) is 11.6 Å². The van der Waals surface area contributed by atoms with Gasteiger partial charge in [-0.15, -0.1) is 0 Å². The van der Waals surface area contributed by atoms with Crippen molar-refractivity contribution in [3.8, 4) is 11.5 Å². The van der Waals surface area contributed by atoms with Crippen molar-refractivity contribution in [2.75, 3.05) is 26.3 Å². The van der Waals surface area contributed by atoms with Gasteiger partial charge in [0.1, 0.15) is 23.1 Å². The number of hydrogen-bond donors (Lipinski definition) is 3. The number of aliphatic hydroxyl groups excluding tert-OH is 1. The van der Waals surface area contributed by atoms with Gasteiger partial charge >= 0.3 is 0 Å². The fourth-order valence-corrected chi connectivity index (χ4v) is 6.19. The first kappa shape index (κ1) is 27.9. The molecule has 6 rings (SSSR count). The number of hydrogen-bond acceptors (Lipinski definition) is 6. The Hall–Kier alpha value is -2.66. The number of amides is 2. The molecule has 4 aliphatic rings. The molecule has 0 aromatic heterocycles. The molecule has 0 spiro atoms. The second-order valence-corrected chi connectivity index (χ2v) is 11.4. The zero-order valence-corrected chi connectivity index (χ0v) is 22.5. The third-order valence-electron chi connectivity index (χ3n) is 7.97. The van der Waals surface area contributed by atoms with Crippen molar-refractivity contribution >= 4 is 35.0 Å². The minimum Gasteiger partial charge on any atom is -0.484 e. The van der Waals surface area contributed by atoms with Crippen LogP contribution >= 0.6 is 23.2 Å². The number of halogens is 4. The highest BCUT2D eigenvalue weighted by Gasteiger charge is 2.58. The monoisotopic (exact) mass is 583 g/mol. The maximum atomic E-state index is 13.7. The Balaban J connectivity index is 1.21. The van der Waals surface area contributed by atoms with Crippen molar-refractivity contribution in [3.63, 3.8) is 0 Å². The molecule has 0 radical (unpaired) electrons. The summed E-state index contributed by atoms with van der Waals surface area (Å²) in [7, 11) is 0. The zero-order valence-electron chi connectivity index (χ0n) is 21.0. The van der Waals surface area contributed by atoms with Gasteiger partial charge in [0.25, 0.3) is 11.8 Å². The van der Waals surface area contributed by atoms with E-state index in [0.717, 1.165) is 12.1 Å². The Kier molecular flexibility index (Phi) is 7.92. The predicted octanol–water partition coefficient (Wildman–Crippen LogP) is 3.46. The quantitative estimate of drug-likeness (QED) is 0.418. The normalized spacial score (nSPS) is 26.5. The molecule has 1 saturated heterocycles. The number of carbonyl (C=O) groups is 2. The number of fused-ring (bicyclic) bond motifs is 3. The molecule has 39 heavy (non-hydrogen) atoms.